The minimum atomic E-state index is -1.26. The van der Waals surface area contributed by atoms with Crippen LogP contribution in [0.5, 0.6) is 0 Å². The second kappa shape index (κ2) is 3.22. The zero-order chi connectivity index (χ0) is 10.2. The van der Waals surface area contributed by atoms with Gasteiger partial charge in [0.1, 0.15) is 10.6 Å². The number of carbonyl (C=O) groups is 1. The number of halogens is 1. The van der Waals surface area contributed by atoms with E-state index in [2.05, 4.69) is 4.98 Å². The van der Waals surface area contributed by atoms with Gasteiger partial charge in [0.15, 0.2) is 0 Å². The smallest absolute Gasteiger partial charge is 0.341 e. The summed E-state index contributed by atoms with van der Waals surface area (Å²) in [5, 5.41) is 8.62. The van der Waals surface area contributed by atoms with E-state index < -0.39 is 11.4 Å². The van der Waals surface area contributed by atoms with Crippen molar-refractivity contribution >= 4 is 17.6 Å². The van der Waals surface area contributed by atoms with Crippen molar-refractivity contribution in [2.45, 2.75) is 13.8 Å². The van der Waals surface area contributed by atoms with Crippen LogP contribution in [-0.4, -0.2) is 16.1 Å². The maximum absolute atomic E-state index is 11.3. The Hall–Kier alpha value is -1.29. The van der Waals surface area contributed by atoms with E-state index in [1.807, 2.05) is 0 Å². The fourth-order valence-electron chi connectivity index (χ4n) is 1.11. The van der Waals surface area contributed by atoms with Gasteiger partial charge in [0.25, 0.3) is 0 Å². The number of aromatic nitrogens is 1. The summed E-state index contributed by atoms with van der Waals surface area (Å²) in [6, 6.07) is 0. The van der Waals surface area contributed by atoms with E-state index >= 15 is 0 Å². The number of aryl methyl sites for hydroxylation is 2. The fourth-order valence-corrected chi connectivity index (χ4v) is 1.25. The minimum Gasteiger partial charge on any atom is -0.477 e. The summed E-state index contributed by atoms with van der Waals surface area (Å²) in [5.74, 6) is -1.26. The molecular formula is C8H8ClNO3. The first kappa shape index (κ1) is 9.80. The average molecular weight is 202 g/mol. The van der Waals surface area contributed by atoms with Crippen LogP contribution in [0.2, 0.25) is 5.02 Å². The third kappa shape index (κ3) is 1.58. The first-order valence-corrected chi connectivity index (χ1v) is 3.95. The van der Waals surface area contributed by atoms with E-state index in [0.717, 1.165) is 0 Å². The Morgan fingerprint density at radius 1 is 1.38 bits per heavy atom. The summed E-state index contributed by atoms with van der Waals surface area (Å²) >= 11 is 5.59. The van der Waals surface area contributed by atoms with E-state index in [0.29, 0.717) is 11.4 Å². The molecule has 0 radical (unpaired) electrons. The molecule has 0 aliphatic rings. The lowest BCUT2D eigenvalue weighted by atomic mass is 10.2. The third-order valence-corrected chi connectivity index (χ3v) is 2.17. The fraction of sp³-hybridized carbons (Fsp3) is 0.250. The van der Waals surface area contributed by atoms with Gasteiger partial charge in [-0.1, -0.05) is 11.6 Å². The molecule has 1 rings (SSSR count). The molecule has 5 heteroatoms. The molecule has 0 bridgehead atoms. The van der Waals surface area contributed by atoms with Gasteiger partial charge in [-0.05, 0) is 13.8 Å². The number of pyridine rings is 1. The molecule has 1 aromatic rings. The molecule has 4 nitrogen and oxygen atoms in total. The van der Waals surface area contributed by atoms with Gasteiger partial charge in [-0.25, -0.2) is 4.79 Å². The standard InChI is InChI=1S/C8H8ClNO3/c1-3-5(8(12)13)7(11)6(9)4(2)10-3/h1-2H3,(H,10,11)(H,12,13). The van der Waals surface area contributed by atoms with Crippen molar-refractivity contribution < 1.29 is 9.90 Å². The Labute approximate surface area is 79.2 Å². The number of aromatic carboxylic acids is 1. The Bertz CT molecular complexity index is 422. The number of hydrogen-bond acceptors (Lipinski definition) is 2. The van der Waals surface area contributed by atoms with Crippen LogP contribution in [0.15, 0.2) is 4.79 Å². The van der Waals surface area contributed by atoms with Crippen LogP contribution >= 0.6 is 11.6 Å². The van der Waals surface area contributed by atoms with Crippen molar-refractivity contribution in [3.63, 3.8) is 0 Å². The predicted octanol–water partition coefficient (Wildman–Crippen LogP) is 1.34. The van der Waals surface area contributed by atoms with Crippen LogP contribution in [-0.2, 0) is 0 Å². The Morgan fingerprint density at radius 2 is 1.92 bits per heavy atom. The average Bonchev–Trinajstić information content (AvgIpc) is 1.99. The monoisotopic (exact) mass is 201 g/mol. The van der Waals surface area contributed by atoms with Crippen LogP contribution in [0.1, 0.15) is 21.7 Å². The third-order valence-electron chi connectivity index (χ3n) is 1.72. The molecule has 13 heavy (non-hydrogen) atoms. The molecule has 0 fully saturated rings. The minimum absolute atomic E-state index is 0.0667. The van der Waals surface area contributed by atoms with Gasteiger partial charge in [-0.15, -0.1) is 0 Å². The summed E-state index contributed by atoms with van der Waals surface area (Å²) in [4.78, 5) is 24.7. The number of H-pyrrole nitrogens is 1. The number of carboxylic acid groups (broad SMARTS) is 1. The normalized spacial score (nSPS) is 10.1. The van der Waals surface area contributed by atoms with Crippen molar-refractivity contribution in [3.8, 4) is 0 Å². The van der Waals surface area contributed by atoms with Gasteiger partial charge >= 0.3 is 5.97 Å². The largest absolute Gasteiger partial charge is 0.477 e. The van der Waals surface area contributed by atoms with Crippen molar-refractivity contribution in [1.82, 2.24) is 4.98 Å². The Kier molecular flexibility index (Phi) is 2.43. The molecule has 2 N–H and O–H groups in total. The Balaban J connectivity index is 3.63. The molecule has 0 amide bonds. The van der Waals surface area contributed by atoms with Crippen LogP contribution in [0.25, 0.3) is 0 Å². The van der Waals surface area contributed by atoms with Gasteiger partial charge in [-0.3, -0.25) is 4.79 Å². The van der Waals surface area contributed by atoms with E-state index in [1.54, 1.807) is 6.92 Å². The van der Waals surface area contributed by atoms with Gasteiger partial charge < -0.3 is 10.1 Å². The molecule has 1 heterocycles. The van der Waals surface area contributed by atoms with E-state index in [-0.39, 0.29) is 10.6 Å². The molecule has 0 saturated heterocycles. The lowest BCUT2D eigenvalue weighted by Gasteiger charge is -2.03. The quantitative estimate of drug-likeness (QED) is 0.721. The molecule has 0 unspecified atom stereocenters. The highest BCUT2D eigenvalue weighted by atomic mass is 35.5. The molecule has 70 valence electrons. The highest BCUT2D eigenvalue weighted by molar-refractivity contribution is 6.31. The first-order valence-electron chi connectivity index (χ1n) is 3.57. The molecule has 0 aliphatic heterocycles. The second-order valence-electron chi connectivity index (χ2n) is 2.70. The zero-order valence-electron chi connectivity index (χ0n) is 7.14. The first-order chi connectivity index (χ1) is 5.95. The lowest BCUT2D eigenvalue weighted by molar-refractivity contribution is 0.0694. The summed E-state index contributed by atoms with van der Waals surface area (Å²) in [5.41, 5.74) is -0.132. The zero-order valence-corrected chi connectivity index (χ0v) is 7.90. The highest BCUT2D eigenvalue weighted by Gasteiger charge is 2.16. The molecule has 0 spiro atoms. The lowest BCUT2D eigenvalue weighted by Crippen LogP contribution is -2.19. The van der Waals surface area contributed by atoms with Gasteiger partial charge in [0.2, 0.25) is 5.43 Å². The summed E-state index contributed by atoms with van der Waals surface area (Å²) < 4.78 is 0. The number of hydrogen-bond donors (Lipinski definition) is 2. The van der Waals surface area contributed by atoms with E-state index in [9.17, 15) is 9.59 Å². The number of aromatic amines is 1. The summed E-state index contributed by atoms with van der Waals surface area (Å²) in [6.45, 7) is 3.14. The summed E-state index contributed by atoms with van der Waals surface area (Å²) in [7, 11) is 0. The van der Waals surface area contributed by atoms with Crippen molar-refractivity contribution in [1.29, 1.82) is 0 Å². The van der Waals surface area contributed by atoms with Gasteiger partial charge in [0, 0.05) is 11.4 Å². The summed E-state index contributed by atoms with van der Waals surface area (Å²) in [6.07, 6.45) is 0. The van der Waals surface area contributed by atoms with E-state index in [1.165, 1.54) is 6.92 Å². The van der Waals surface area contributed by atoms with E-state index in [4.69, 9.17) is 16.7 Å². The Morgan fingerprint density at radius 3 is 2.38 bits per heavy atom. The van der Waals surface area contributed by atoms with Crippen LogP contribution in [0.4, 0.5) is 0 Å². The number of carboxylic acids is 1. The maximum Gasteiger partial charge on any atom is 0.341 e. The maximum atomic E-state index is 11.3. The molecule has 0 aromatic carbocycles. The molecule has 0 atom stereocenters. The van der Waals surface area contributed by atoms with Gasteiger partial charge in [0.05, 0.1) is 0 Å². The highest BCUT2D eigenvalue weighted by Crippen LogP contribution is 2.10. The molecule has 0 aliphatic carbocycles. The van der Waals surface area contributed by atoms with Crippen molar-refractivity contribution in [2.75, 3.05) is 0 Å². The van der Waals surface area contributed by atoms with Crippen molar-refractivity contribution in [2.24, 2.45) is 0 Å². The van der Waals surface area contributed by atoms with Crippen LogP contribution in [0, 0.1) is 13.8 Å². The molecular weight excluding hydrogens is 194 g/mol. The van der Waals surface area contributed by atoms with Gasteiger partial charge in [-0.2, -0.15) is 0 Å². The SMILES string of the molecule is Cc1[nH]c(C)c(C(=O)O)c(=O)c1Cl. The van der Waals surface area contributed by atoms with Crippen LogP contribution < -0.4 is 5.43 Å². The second-order valence-corrected chi connectivity index (χ2v) is 3.08. The number of nitrogens with one attached hydrogen (secondary N) is 1. The number of rotatable bonds is 1. The topological polar surface area (TPSA) is 70.2 Å². The predicted molar refractivity (Wildman–Crippen MR) is 48.5 cm³/mol. The molecule has 0 saturated carbocycles. The molecule has 1 aromatic heterocycles. The van der Waals surface area contributed by atoms with Crippen molar-refractivity contribution in [3.05, 3.63) is 32.2 Å². The van der Waals surface area contributed by atoms with Crippen LogP contribution in [0.3, 0.4) is 0 Å².